The van der Waals surface area contributed by atoms with Gasteiger partial charge in [-0.2, -0.15) is 12.6 Å². The van der Waals surface area contributed by atoms with Gasteiger partial charge in [0.25, 0.3) is 0 Å². The molecule has 0 amide bonds. The highest BCUT2D eigenvalue weighted by Crippen LogP contribution is 2.23. The first-order chi connectivity index (χ1) is 6.75. The first-order valence-electron chi connectivity index (χ1n) is 5.22. The van der Waals surface area contributed by atoms with Gasteiger partial charge in [-0.1, -0.05) is 30.3 Å². The topological polar surface area (TPSA) is 3.24 Å². The maximum atomic E-state index is 4.54. The Kier molecular flexibility index (Phi) is 3.14. The van der Waals surface area contributed by atoms with Crippen LogP contribution in [-0.2, 0) is 6.54 Å². The second kappa shape index (κ2) is 4.37. The van der Waals surface area contributed by atoms with E-state index >= 15 is 0 Å². The Balaban J connectivity index is 1.98. The Morgan fingerprint density at radius 2 is 2.07 bits per heavy atom. The van der Waals surface area contributed by atoms with Crippen molar-refractivity contribution in [1.82, 2.24) is 4.90 Å². The Labute approximate surface area is 91.5 Å². The van der Waals surface area contributed by atoms with Gasteiger partial charge in [0.2, 0.25) is 0 Å². The zero-order valence-corrected chi connectivity index (χ0v) is 9.45. The van der Waals surface area contributed by atoms with Gasteiger partial charge < -0.3 is 0 Å². The number of nitrogens with zero attached hydrogens (tertiary/aromatic N) is 1. The van der Waals surface area contributed by atoms with Crippen molar-refractivity contribution >= 4 is 12.6 Å². The number of likely N-dealkylation sites (tertiary alicyclic amines) is 1. The van der Waals surface area contributed by atoms with Crippen LogP contribution in [0.5, 0.6) is 0 Å². The molecule has 2 rings (SSSR count). The zero-order valence-electron chi connectivity index (χ0n) is 8.56. The van der Waals surface area contributed by atoms with Gasteiger partial charge in [-0.15, -0.1) is 0 Å². The molecule has 1 aromatic carbocycles. The summed E-state index contributed by atoms with van der Waals surface area (Å²) in [5.41, 5.74) is 1.40. The van der Waals surface area contributed by atoms with Crippen molar-refractivity contribution in [2.75, 3.05) is 6.54 Å². The summed E-state index contributed by atoms with van der Waals surface area (Å²) >= 11 is 4.54. The fourth-order valence-corrected chi connectivity index (χ4v) is 2.62. The molecule has 0 N–H and O–H groups in total. The molecule has 1 nitrogen and oxygen atoms in total. The van der Waals surface area contributed by atoms with Gasteiger partial charge in [0.1, 0.15) is 0 Å². The SMILES string of the molecule is CC1CC(S)CN1Cc1ccccc1. The van der Waals surface area contributed by atoms with Crippen LogP contribution < -0.4 is 0 Å². The fourth-order valence-electron chi connectivity index (χ4n) is 2.11. The van der Waals surface area contributed by atoms with Gasteiger partial charge in [0, 0.05) is 24.4 Å². The maximum Gasteiger partial charge on any atom is 0.0237 e. The van der Waals surface area contributed by atoms with E-state index < -0.39 is 0 Å². The zero-order chi connectivity index (χ0) is 9.97. The summed E-state index contributed by atoms with van der Waals surface area (Å²) in [5.74, 6) is 0. The Morgan fingerprint density at radius 1 is 1.36 bits per heavy atom. The molecule has 2 atom stereocenters. The molecule has 2 unspecified atom stereocenters. The third kappa shape index (κ3) is 2.31. The fraction of sp³-hybridized carbons (Fsp3) is 0.500. The minimum absolute atomic E-state index is 0.564. The van der Waals surface area contributed by atoms with Crippen LogP contribution in [0.25, 0.3) is 0 Å². The molecule has 0 aromatic heterocycles. The van der Waals surface area contributed by atoms with Gasteiger partial charge in [0.05, 0.1) is 0 Å². The molecule has 76 valence electrons. The maximum absolute atomic E-state index is 4.54. The van der Waals surface area contributed by atoms with E-state index in [-0.39, 0.29) is 0 Å². The lowest BCUT2D eigenvalue weighted by Gasteiger charge is -2.20. The Hall–Kier alpha value is -0.470. The van der Waals surface area contributed by atoms with E-state index in [1.165, 1.54) is 12.0 Å². The van der Waals surface area contributed by atoms with Crippen LogP contribution in [-0.4, -0.2) is 22.7 Å². The van der Waals surface area contributed by atoms with Crippen LogP contribution in [0.4, 0.5) is 0 Å². The summed E-state index contributed by atoms with van der Waals surface area (Å²) in [5, 5.41) is 0.564. The smallest absolute Gasteiger partial charge is 0.0237 e. The molecule has 1 fully saturated rings. The predicted molar refractivity (Wildman–Crippen MR) is 63.7 cm³/mol. The number of benzene rings is 1. The average molecular weight is 207 g/mol. The van der Waals surface area contributed by atoms with Crippen molar-refractivity contribution < 1.29 is 0 Å². The molecule has 0 spiro atoms. The molecule has 1 aromatic rings. The molecule has 0 bridgehead atoms. The number of hydrogen-bond donors (Lipinski definition) is 1. The van der Waals surface area contributed by atoms with Crippen molar-refractivity contribution in [2.24, 2.45) is 0 Å². The molecule has 1 aliphatic rings. The first kappa shape index (κ1) is 10.1. The standard InChI is InChI=1S/C12H17NS/c1-10-7-12(14)9-13(10)8-11-5-3-2-4-6-11/h2-6,10,12,14H,7-9H2,1H3. The summed E-state index contributed by atoms with van der Waals surface area (Å²) in [4.78, 5) is 2.51. The van der Waals surface area contributed by atoms with E-state index in [0.717, 1.165) is 13.1 Å². The van der Waals surface area contributed by atoms with E-state index in [1.54, 1.807) is 0 Å². The highest BCUT2D eigenvalue weighted by molar-refractivity contribution is 7.81. The lowest BCUT2D eigenvalue weighted by molar-refractivity contribution is 0.261. The normalized spacial score (nSPS) is 28.1. The lowest BCUT2D eigenvalue weighted by Crippen LogP contribution is -2.26. The van der Waals surface area contributed by atoms with Crippen LogP contribution in [0, 0.1) is 0 Å². The van der Waals surface area contributed by atoms with E-state index in [4.69, 9.17) is 0 Å². The summed E-state index contributed by atoms with van der Waals surface area (Å²) in [6.45, 7) is 4.48. The average Bonchev–Trinajstić information content (AvgIpc) is 2.47. The van der Waals surface area contributed by atoms with Crippen LogP contribution in [0.15, 0.2) is 30.3 Å². The first-order valence-corrected chi connectivity index (χ1v) is 5.73. The molecule has 1 saturated heterocycles. The van der Waals surface area contributed by atoms with E-state index in [9.17, 15) is 0 Å². The Morgan fingerprint density at radius 3 is 2.64 bits per heavy atom. The highest BCUT2D eigenvalue weighted by atomic mass is 32.1. The summed E-state index contributed by atoms with van der Waals surface area (Å²) in [7, 11) is 0. The Bertz CT molecular complexity index is 286. The van der Waals surface area contributed by atoms with Crippen molar-refractivity contribution in [3.63, 3.8) is 0 Å². The second-order valence-corrected chi connectivity index (χ2v) is 4.88. The van der Waals surface area contributed by atoms with Gasteiger partial charge >= 0.3 is 0 Å². The summed E-state index contributed by atoms with van der Waals surface area (Å²) < 4.78 is 0. The van der Waals surface area contributed by atoms with Gasteiger partial charge in [-0.3, -0.25) is 4.90 Å². The second-order valence-electron chi connectivity index (χ2n) is 4.15. The van der Waals surface area contributed by atoms with E-state index in [2.05, 4.69) is 54.8 Å². The predicted octanol–water partition coefficient (Wildman–Crippen LogP) is 2.58. The van der Waals surface area contributed by atoms with Crippen LogP contribution >= 0.6 is 12.6 Å². The number of hydrogen-bond acceptors (Lipinski definition) is 2. The van der Waals surface area contributed by atoms with Crippen LogP contribution in [0.2, 0.25) is 0 Å². The summed E-state index contributed by atoms with van der Waals surface area (Å²) in [6.07, 6.45) is 1.22. The highest BCUT2D eigenvalue weighted by Gasteiger charge is 2.26. The molecule has 1 aliphatic heterocycles. The number of thiol groups is 1. The van der Waals surface area contributed by atoms with Crippen molar-refractivity contribution in [3.8, 4) is 0 Å². The lowest BCUT2D eigenvalue weighted by atomic mass is 10.2. The summed E-state index contributed by atoms with van der Waals surface area (Å²) in [6, 6.07) is 11.3. The monoisotopic (exact) mass is 207 g/mol. The minimum Gasteiger partial charge on any atom is -0.295 e. The third-order valence-corrected chi connectivity index (χ3v) is 3.28. The van der Waals surface area contributed by atoms with Crippen molar-refractivity contribution in [1.29, 1.82) is 0 Å². The molecular weight excluding hydrogens is 190 g/mol. The molecule has 14 heavy (non-hydrogen) atoms. The van der Waals surface area contributed by atoms with Crippen LogP contribution in [0.3, 0.4) is 0 Å². The molecule has 0 saturated carbocycles. The molecule has 1 heterocycles. The number of rotatable bonds is 2. The molecule has 2 heteroatoms. The largest absolute Gasteiger partial charge is 0.295 e. The van der Waals surface area contributed by atoms with E-state index in [0.29, 0.717) is 11.3 Å². The van der Waals surface area contributed by atoms with Gasteiger partial charge in [-0.25, -0.2) is 0 Å². The molecular formula is C12H17NS. The minimum atomic E-state index is 0.564. The third-order valence-electron chi connectivity index (χ3n) is 2.91. The van der Waals surface area contributed by atoms with Crippen molar-refractivity contribution in [3.05, 3.63) is 35.9 Å². The molecule has 0 radical (unpaired) electrons. The quantitative estimate of drug-likeness (QED) is 0.730. The van der Waals surface area contributed by atoms with Crippen molar-refractivity contribution in [2.45, 2.75) is 31.2 Å². The van der Waals surface area contributed by atoms with Crippen LogP contribution in [0.1, 0.15) is 18.9 Å². The van der Waals surface area contributed by atoms with Gasteiger partial charge in [0.15, 0.2) is 0 Å². The van der Waals surface area contributed by atoms with Gasteiger partial charge in [-0.05, 0) is 18.9 Å². The molecule has 0 aliphatic carbocycles. The van der Waals surface area contributed by atoms with E-state index in [1.807, 2.05) is 0 Å².